The summed E-state index contributed by atoms with van der Waals surface area (Å²) in [4.78, 5) is 11.9. The molecule has 0 saturated heterocycles. The van der Waals surface area contributed by atoms with E-state index >= 15 is 0 Å². The average Bonchev–Trinajstić information content (AvgIpc) is 3.01. The number of H-pyrrole nitrogens is 1. The number of aryl methyl sites for hydroxylation is 1. The zero-order chi connectivity index (χ0) is 17.3. The molecule has 1 unspecified atom stereocenters. The Kier molecular flexibility index (Phi) is 4.55. The number of aromatic amines is 1. The molecule has 7 heteroatoms. The van der Waals surface area contributed by atoms with Crippen LogP contribution >= 0.6 is 10.8 Å². The molecule has 1 aromatic carbocycles. The third-order valence-corrected chi connectivity index (χ3v) is 4.81. The fourth-order valence-corrected chi connectivity index (χ4v) is 3.49. The summed E-state index contributed by atoms with van der Waals surface area (Å²) in [7, 11) is 2.04. The number of ether oxygens (including phenoxy) is 2. The summed E-state index contributed by atoms with van der Waals surface area (Å²) in [5, 5.41) is 2.17. The van der Waals surface area contributed by atoms with Crippen molar-refractivity contribution >= 4 is 27.2 Å². The lowest BCUT2D eigenvalue weighted by molar-refractivity contribution is 0.407. The topological polar surface area (TPSA) is 80.3 Å². The molecule has 0 aliphatic carbocycles. The molecule has 0 spiro atoms. The Morgan fingerprint density at radius 1 is 1.21 bits per heavy atom. The zero-order valence-electron chi connectivity index (χ0n) is 14.0. The minimum absolute atomic E-state index is 0.485. The average molecular weight is 345 g/mol. The summed E-state index contributed by atoms with van der Waals surface area (Å²) in [5.41, 5.74) is 4.12. The number of imidazole rings is 1. The van der Waals surface area contributed by atoms with E-state index in [0.717, 1.165) is 33.7 Å². The molecule has 24 heavy (non-hydrogen) atoms. The molecule has 0 radical (unpaired) electrons. The van der Waals surface area contributed by atoms with Gasteiger partial charge in [0.15, 0.2) is 5.16 Å². The van der Waals surface area contributed by atoms with E-state index in [2.05, 4.69) is 15.0 Å². The molecule has 0 fully saturated rings. The van der Waals surface area contributed by atoms with Gasteiger partial charge in [-0.2, -0.15) is 0 Å². The monoisotopic (exact) mass is 345 g/mol. The normalized spacial score (nSPS) is 12.5. The molecule has 3 aromatic rings. The molecule has 3 rings (SSSR count). The third-order valence-electron chi connectivity index (χ3n) is 3.77. The number of fused-ring (bicyclic) bond motifs is 1. The highest BCUT2D eigenvalue weighted by molar-refractivity contribution is 8.10. The van der Waals surface area contributed by atoms with Gasteiger partial charge in [-0.15, -0.1) is 0 Å². The Morgan fingerprint density at radius 3 is 2.71 bits per heavy atom. The molecular weight excluding hydrogens is 326 g/mol. The second-order valence-corrected chi connectivity index (χ2v) is 6.59. The van der Waals surface area contributed by atoms with Crippen molar-refractivity contribution in [1.29, 1.82) is 0 Å². The first-order valence-electron chi connectivity index (χ1n) is 7.34. The van der Waals surface area contributed by atoms with Gasteiger partial charge in [0.1, 0.15) is 11.5 Å². The maximum absolute atomic E-state index is 10.5. The first-order chi connectivity index (χ1) is 11.5. The Morgan fingerprint density at radius 2 is 2.00 bits per heavy atom. The third kappa shape index (κ3) is 3.00. The lowest BCUT2D eigenvalue weighted by atomic mass is 10.1. The van der Waals surface area contributed by atoms with Crippen LogP contribution in [0.1, 0.15) is 16.8 Å². The molecule has 1 atom stereocenters. The van der Waals surface area contributed by atoms with Crippen molar-refractivity contribution in [2.75, 3.05) is 14.2 Å². The number of nitrogens with zero attached hydrogens (tertiary/aromatic N) is 2. The van der Waals surface area contributed by atoms with Crippen LogP contribution in [0.4, 0.5) is 0 Å². The highest BCUT2D eigenvalue weighted by Gasteiger charge is 2.11. The summed E-state index contributed by atoms with van der Waals surface area (Å²) in [6.07, 6.45) is 1.73. The fourth-order valence-electron chi connectivity index (χ4n) is 2.52. The Balaban J connectivity index is 2.02. The number of benzene rings is 1. The van der Waals surface area contributed by atoms with Gasteiger partial charge in [-0.3, -0.25) is 4.98 Å². The number of pyridine rings is 1. The van der Waals surface area contributed by atoms with Crippen molar-refractivity contribution in [3.05, 3.63) is 41.2 Å². The number of rotatable bonds is 4. The number of nitrogens with one attached hydrogen (secondary N) is 1. The SMILES string of the molecule is COc1ccc2nc(/S(O)=C/c3ncc(C)c(OC)c3C)[nH]c2c1. The van der Waals surface area contributed by atoms with E-state index < -0.39 is 10.8 Å². The zero-order valence-corrected chi connectivity index (χ0v) is 14.8. The summed E-state index contributed by atoms with van der Waals surface area (Å²) in [5.74, 6) is 1.52. The first kappa shape index (κ1) is 16.5. The summed E-state index contributed by atoms with van der Waals surface area (Å²) in [6, 6.07) is 5.54. The number of hydrogen-bond acceptors (Lipinski definition) is 5. The fraction of sp³-hybridized carbons (Fsp3) is 0.235. The largest absolute Gasteiger partial charge is 0.497 e. The lowest BCUT2D eigenvalue weighted by Crippen LogP contribution is -1.99. The number of hydrogen-bond donors (Lipinski definition) is 2. The van der Waals surface area contributed by atoms with Crippen LogP contribution in [0.3, 0.4) is 0 Å². The molecule has 2 heterocycles. The van der Waals surface area contributed by atoms with E-state index in [1.165, 1.54) is 0 Å². The van der Waals surface area contributed by atoms with E-state index in [1.54, 1.807) is 25.8 Å². The van der Waals surface area contributed by atoms with Crippen LogP contribution in [0.25, 0.3) is 11.0 Å². The maximum Gasteiger partial charge on any atom is 0.185 e. The second kappa shape index (κ2) is 6.62. The van der Waals surface area contributed by atoms with Crippen LogP contribution in [0.15, 0.2) is 29.6 Å². The number of methoxy groups -OCH3 is 2. The Hall–Kier alpha value is -2.38. The highest BCUT2D eigenvalue weighted by atomic mass is 32.2. The van der Waals surface area contributed by atoms with Crippen LogP contribution in [-0.2, 0) is 0 Å². The van der Waals surface area contributed by atoms with Gasteiger partial charge in [-0.05, 0) is 26.0 Å². The van der Waals surface area contributed by atoms with Crippen LogP contribution in [0.2, 0.25) is 0 Å². The minimum atomic E-state index is -1.20. The van der Waals surface area contributed by atoms with Crippen LogP contribution in [0.5, 0.6) is 11.5 Å². The smallest absolute Gasteiger partial charge is 0.185 e. The Bertz CT molecular complexity index is 934. The van der Waals surface area contributed by atoms with Gasteiger partial charge in [0.05, 0.1) is 30.9 Å². The van der Waals surface area contributed by atoms with Gasteiger partial charge in [0, 0.05) is 39.5 Å². The molecule has 126 valence electrons. The van der Waals surface area contributed by atoms with Crippen molar-refractivity contribution < 1.29 is 14.0 Å². The lowest BCUT2D eigenvalue weighted by Gasteiger charge is -2.10. The van der Waals surface area contributed by atoms with Crippen LogP contribution < -0.4 is 9.47 Å². The van der Waals surface area contributed by atoms with E-state index in [9.17, 15) is 4.55 Å². The van der Waals surface area contributed by atoms with Crippen molar-refractivity contribution in [3.63, 3.8) is 0 Å². The van der Waals surface area contributed by atoms with Crippen molar-refractivity contribution in [2.24, 2.45) is 0 Å². The molecule has 2 N–H and O–H groups in total. The predicted molar refractivity (Wildman–Crippen MR) is 96.6 cm³/mol. The molecule has 0 aliphatic rings. The molecule has 0 bridgehead atoms. The summed E-state index contributed by atoms with van der Waals surface area (Å²) in [6.45, 7) is 3.86. The van der Waals surface area contributed by atoms with E-state index in [-0.39, 0.29) is 0 Å². The molecule has 2 aromatic heterocycles. The Labute approximate surface area is 142 Å². The maximum atomic E-state index is 10.5. The van der Waals surface area contributed by atoms with E-state index in [1.807, 2.05) is 32.0 Å². The molecular formula is C17H19N3O3S. The summed E-state index contributed by atoms with van der Waals surface area (Å²) >= 11 is 0. The van der Waals surface area contributed by atoms with Gasteiger partial charge in [-0.1, -0.05) is 0 Å². The standard InChI is InChI=1S/C17H19N3O3S/c1-10-8-18-15(11(2)16(10)23-4)9-24(21)17-19-13-6-5-12(22-3)7-14(13)20-17/h5-9,21H,1-4H3,(H,19,20). The van der Waals surface area contributed by atoms with Gasteiger partial charge >= 0.3 is 0 Å². The first-order valence-corrected chi connectivity index (χ1v) is 8.59. The van der Waals surface area contributed by atoms with Crippen LogP contribution in [0, 0.1) is 13.8 Å². The molecule has 0 amide bonds. The summed E-state index contributed by atoms with van der Waals surface area (Å²) < 4.78 is 21.1. The minimum Gasteiger partial charge on any atom is -0.497 e. The van der Waals surface area contributed by atoms with Gasteiger partial charge < -0.3 is 19.0 Å². The van der Waals surface area contributed by atoms with E-state index in [0.29, 0.717) is 10.9 Å². The quantitative estimate of drug-likeness (QED) is 0.707. The van der Waals surface area contributed by atoms with Crippen molar-refractivity contribution in [2.45, 2.75) is 19.0 Å². The molecule has 0 saturated carbocycles. The highest BCUT2D eigenvalue weighted by Crippen LogP contribution is 2.28. The van der Waals surface area contributed by atoms with Gasteiger partial charge in [0.2, 0.25) is 0 Å². The van der Waals surface area contributed by atoms with Gasteiger partial charge in [0.25, 0.3) is 0 Å². The predicted octanol–water partition coefficient (Wildman–Crippen LogP) is 3.54. The van der Waals surface area contributed by atoms with E-state index in [4.69, 9.17) is 9.47 Å². The number of aromatic nitrogens is 3. The van der Waals surface area contributed by atoms with Crippen molar-refractivity contribution in [3.8, 4) is 11.5 Å². The molecule has 6 nitrogen and oxygen atoms in total. The van der Waals surface area contributed by atoms with Gasteiger partial charge in [-0.25, -0.2) is 4.98 Å². The van der Waals surface area contributed by atoms with Crippen molar-refractivity contribution in [1.82, 2.24) is 15.0 Å². The van der Waals surface area contributed by atoms with Crippen LogP contribution in [-0.4, -0.2) is 39.1 Å². The molecule has 0 aliphatic heterocycles. The second-order valence-electron chi connectivity index (χ2n) is 5.34.